The molecule has 2 unspecified atom stereocenters. The second-order valence-electron chi connectivity index (χ2n) is 6.72. The first kappa shape index (κ1) is 10.6. The van der Waals surface area contributed by atoms with Gasteiger partial charge in [-0.25, -0.2) is 0 Å². The van der Waals surface area contributed by atoms with Gasteiger partial charge in [-0.3, -0.25) is 0 Å². The summed E-state index contributed by atoms with van der Waals surface area (Å²) in [5.74, 6) is 2.14. The number of rotatable bonds is 3. The van der Waals surface area contributed by atoms with Crippen molar-refractivity contribution >= 4 is 15.9 Å². The minimum Gasteiger partial charge on any atom is -0.0853 e. The molecule has 4 aliphatic rings. The van der Waals surface area contributed by atoms with Crippen LogP contribution in [0.4, 0.5) is 0 Å². The largest absolute Gasteiger partial charge is 0.0853 e. The van der Waals surface area contributed by atoms with Gasteiger partial charge >= 0.3 is 0 Å². The summed E-state index contributed by atoms with van der Waals surface area (Å²) < 4.78 is 0.574. The smallest absolute Gasteiger partial charge is 0.0268 e. The van der Waals surface area contributed by atoms with Gasteiger partial charge in [0.1, 0.15) is 0 Å². The molecule has 0 heterocycles. The molecule has 15 heavy (non-hydrogen) atoms. The van der Waals surface area contributed by atoms with Crippen LogP contribution in [0, 0.1) is 17.3 Å². The summed E-state index contributed by atoms with van der Waals surface area (Å²) in [7, 11) is 0. The highest BCUT2D eigenvalue weighted by atomic mass is 79.9. The SMILES string of the molecule is CCCCC12C[C@@H]3C[C@@H](CC(Br)(C3)C1)C2. The normalized spacial score (nSPS) is 52.4. The molecule has 0 amide bonds. The van der Waals surface area contributed by atoms with E-state index in [-0.39, 0.29) is 0 Å². The van der Waals surface area contributed by atoms with E-state index in [0.717, 1.165) is 17.3 Å². The number of halogens is 1. The molecule has 0 aromatic carbocycles. The zero-order chi connectivity index (χ0) is 10.5. The first-order chi connectivity index (χ1) is 7.13. The van der Waals surface area contributed by atoms with E-state index in [9.17, 15) is 0 Å². The van der Waals surface area contributed by atoms with Gasteiger partial charge in [-0.15, -0.1) is 0 Å². The third kappa shape index (κ3) is 1.79. The van der Waals surface area contributed by atoms with Crippen LogP contribution in [0.25, 0.3) is 0 Å². The van der Waals surface area contributed by atoms with Crippen molar-refractivity contribution in [3.63, 3.8) is 0 Å². The molecule has 86 valence electrons. The van der Waals surface area contributed by atoms with Crippen LogP contribution in [-0.2, 0) is 0 Å². The number of unbranched alkanes of at least 4 members (excludes halogenated alkanes) is 1. The van der Waals surface area contributed by atoms with E-state index in [2.05, 4.69) is 22.9 Å². The lowest BCUT2D eigenvalue weighted by Crippen LogP contribution is -2.52. The van der Waals surface area contributed by atoms with Crippen LogP contribution >= 0.6 is 15.9 Å². The minimum atomic E-state index is 0.574. The van der Waals surface area contributed by atoms with Crippen LogP contribution in [0.2, 0.25) is 0 Å². The van der Waals surface area contributed by atoms with Crippen molar-refractivity contribution < 1.29 is 0 Å². The second kappa shape index (κ2) is 3.48. The molecule has 4 rings (SSSR count). The maximum atomic E-state index is 4.08. The lowest BCUT2D eigenvalue weighted by atomic mass is 9.48. The first-order valence-corrected chi connectivity index (χ1v) is 7.61. The summed E-state index contributed by atoms with van der Waals surface area (Å²) in [6.45, 7) is 2.34. The van der Waals surface area contributed by atoms with Gasteiger partial charge in [0.25, 0.3) is 0 Å². The first-order valence-electron chi connectivity index (χ1n) is 6.82. The van der Waals surface area contributed by atoms with Gasteiger partial charge < -0.3 is 0 Å². The summed E-state index contributed by atoms with van der Waals surface area (Å²) in [5.41, 5.74) is 0.767. The molecule has 0 aromatic heterocycles. The van der Waals surface area contributed by atoms with Gasteiger partial charge in [0.2, 0.25) is 0 Å². The molecule has 0 saturated heterocycles. The summed E-state index contributed by atoms with van der Waals surface area (Å²) in [4.78, 5) is 0. The Morgan fingerprint density at radius 1 is 1.13 bits per heavy atom. The molecular formula is C14H23Br. The van der Waals surface area contributed by atoms with Crippen molar-refractivity contribution in [1.29, 1.82) is 0 Å². The second-order valence-corrected chi connectivity index (χ2v) is 8.40. The molecule has 4 aliphatic carbocycles. The van der Waals surface area contributed by atoms with Crippen LogP contribution in [-0.4, -0.2) is 4.32 Å². The summed E-state index contributed by atoms with van der Waals surface area (Å²) in [6, 6.07) is 0. The molecular weight excluding hydrogens is 248 g/mol. The van der Waals surface area contributed by atoms with Crippen molar-refractivity contribution in [3.05, 3.63) is 0 Å². The van der Waals surface area contributed by atoms with Crippen LogP contribution < -0.4 is 0 Å². The highest BCUT2D eigenvalue weighted by Crippen LogP contribution is 2.65. The maximum absolute atomic E-state index is 4.08. The molecule has 4 atom stereocenters. The molecule has 0 N–H and O–H groups in total. The van der Waals surface area contributed by atoms with Gasteiger partial charge in [-0.05, 0) is 62.2 Å². The molecule has 0 nitrogen and oxygen atoms in total. The Bertz CT molecular complexity index is 244. The summed E-state index contributed by atoms with van der Waals surface area (Å²) in [6.07, 6.45) is 13.5. The molecule has 4 fully saturated rings. The van der Waals surface area contributed by atoms with Crippen molar-refractivity contribution in [2.24, 2.45) is 17.3 Å². The fourth-order valence-corrected chi connectivity index (χ4v) is 6.69. The van der Waals surface area contributed by atoms with E-state index in [1.54, 1.807) is 19.3 Å². The lowest BCUT2D eigenvalue weighted by Gasteiger charge is -2.60. The zero-order valence-corrected chi connectivity index (χ0v) is 11.5. The zero-order valence-electron chi connectivity index (χ0n) is 9.90. The van der Waals surface area contributed by atoms with Crippen LogP contribution in [0.1, 0.15) is 64.7 Å². The van der Waals surface area contributed by atoms with Gasteiger partial charge in [-0.1, -0.05) is 35.7 Å². The molecule has 4 saturated carbocycles. The predicted octanol–water partition coefficient (Wildman–Crippen LogP) is 4.91. The van der Waals surface area contributed by atoms with E-state index in [1.165, 1.54) is 38.5 Å². The van der Waals surface area contributed by atoms with Crippen LogP contribution in [0.5, 0.6) is 0 Å². The molecule has 1 heteroatoms. The molecule has 0 aliphatic heterocycles. The quantitative estimate of drug-likeness (QED) is 0.640. The van der Waals surface area contributed by atoms with Crippen molar-refractivity contribution in [3.8, 4) is 0 Å². The van der Waals surface area contributed by atoms with Crippen LogP contribution in [0.15, 0.2) is 0 Å². The average Bonchev–Trinajstić information content (AvgIpc) is 2.10. The predicted molar refractivity (Wildman–Crippen MR) is 68.3 cm³/mol. The Balaban J connectivity index is 1.80. The van der Waals surface area contributed by atoms with E-state index < -0.39 is 0 Å². The highest BCUT2D eigenvalue weighted by molar-refractivity contribution is 9.10. The van der Waals surface area contributed by atoms with E-state index >= 15 is 0 Å². The summed E-state index contributed by atoms with van der Waals surface area (Å²) in [5, 5.41) is 0. The van der Waals surface area contributed by atoms with Gasteiger partial charge in [-0.2, -0.15) is 0 Å². The fraction of sp³-hybridized carbons (Fsp3) is 1.00. The van der Waals surface area contributed by atoms with Crippen molar-refractivity contribution in [2.45, 2.75) is 69.0 Å². The van der Waals surface area contributed by atoms with Gasteiger partial charge in [0.05, 0.1) is 0 Å². The van der Waals surface area contributed by atoms with E-state index in [1.807, 2.05) is 0 Å². The van der Waals surface area contributed by atoms with Gasteiger partial charge in [0, 0.05) is 4.32 Å². The Morgan fingerprint density at radius 3 is 2.33 bits per heavy atom. The number of alkyl halides is 1. The van der Waals surface area contributed by atoms with Crippen LogP contribution in [0.3, 0.4) is 0 Å². The third-order valence-electron chi connectivity index (χ3n) is 5.17. The molecule has 0 radical (unpaired) electrons. The molecule has 0 spiro atoms. The van der Waals surface area contributed by atoms with Gasteiger partial charge in [0.15, 0.2) is 0 Å². The summed E-state index contributed by atoms with van der Waals surface area (Å²) >= 11 is 4.08. The average molecular weight is 271 g/mol. The van der Waals surface area contributed by atoms with E-state index in [0.29, 0.717) is 4.32 Å². The Kier molecular flexibility index (Phi) is 2.47. The molecule has 4 bridgehead atoms. The van der Waals surface area contributed by atoms with E-state index in [4.69, 9.17) is 0 Å². The Labute approximate surface area is 102 Å². The van der Waals surface area contributed by atoms with Crippen molar-refractivity contribution in [2.75, 3.05) is 0 Å². The number of hydrogen-bond donors (Lipinski definition) is 0. The highest BCUT2D eigenvalue weighted by Gasteiger charge is 2.56. The van der Waals surface area contributed by atoms with Crippen molar-refractivity contribution in [1.82, 2.24) is 0 Å². The standard InChI is InChI=1S/C14H23Br/c1-2-3-4-13-6-11-5-12(7-13)9-14(15,8-11)10-13/h11-12H,2-10H2,1H3/t11-,12+,13?,14?. The molecule has 0 aromatic rings. The third-order valence-corrected chi connectivity index (χ3v) is 6.10. The fourth-order valence-electron chi connectivity index (χ4n) is 5.18. The lowest BCUT2D eigenvalue weighted by molar-refractivity contribution is -0.0409. The topological polar surface area (TPSA) is 0 Å². The number of hydrogen-bond acceptors (Lipinski definition) is 0. The monoisotopic (exact) mass is 270 g/mol. The maximum Gasteiger partial charge on any atom is 0.0268 e. The Morgan fingerprint density at radius 2 is 1.80 bits per heavy atom. The Hall–Kier alpha value is 0.480. The minimum absolute atomic E-state index is 0.574.